The molecule has 0 fully saturated rings. The summed E-state index contributed by atoms with van der Waals surface area (Å²) in [5, 5.41) is 16.5. The summed E-state index contributed by atoms with van der Waals surface area (Å²) in [6.07, 6.45) is 3.88. The van der Waals surface area contributed by atoms with Crippen LogP contribution in [0.1, 0.15) is 51.5 Å². The van der Waals surface area contributed by atoms with Crippen LogP contribution in [0.15, 0.2) is 40.5 Å². The van der Waals surface area contributed by atoms with Crippen molar-refractivity contribution in [1.82, 2.24) is 25.4 Å². The molecule has 154 valence electrons. The van der Waals surface area contributed by atoms with Gasteiger partial charge in [-0.2, -0.15) is 0 Å². The first-order valence-electron chi connectivity index (χ1n) is 10.1. The predicted molar refractivity (Wildman–Crippen MR) is 119 cm³/mol. The van der Waals surface area contributed by atoms with Crippen molar-refractivity contribution in [3.05, 3.63) is 41.7 Å². The van der Waals surface area contributed by atoms with E-state index < -0.39 is 0 Å². The summed E-state index contributed by atoms with van der Waals surface area (Å²) in [6, 6.07) is 10.6. The highest BCUT2D eigenvalue weighted by Gasteiger charge is 2.12. The molecule has 6 nitrogen and oxygen atoms in total. The molecule has 0 aliphatic heterocycles. The normalized spacial score (nSPS) is 13.0. The number of benzene rings is 1. The highest BCUT2D eigenvalue weighted by atomic mass is 32.2. The molecule has 1 unspecified atom stereocenters. The standard InChI is InChI=1S/C21H34N6S/c1-6-22-20(24-17(4)18-11-8-7-9-12-18)23-14-10-13-19-25-26-21(28-5)27(19)15-16(2)3/h7-9,11-12,16-17H,6,10,13-15H2,1-5H3,(H2,22,23,24). The molecule has 0 saturated carbocycles. The Morgan fingerprint density at radius 3 is 2.57 bits per heavy atom. The van der Waals surface area contributed by atoms with Crippen molar-refractivity contribution in [3.63, 3.8) is 0 Å². The van der Waals surface area contributed by atoms with E-state index in [4.69, 9.17) is 4.99 Å². The number of thioether (sulfide) groups is 1. The molecule has 0 radical (unpaired) electrons. The number of nitrogens with one attached hydrogen (secondary N) is 2. The number of guanidine groups is 1. The Balaban J connectivity index is 1.93. The Labute approximate surface area is 173 Å². The van der Waals surface area contributed by atoms with E-state index in [1.165, 1.54) is 5.56 Å². The molecule has 0 spiro atoms. The quantitative estimate of drug-likeness (QED) is 0.273. The number of aryl methyl sites for hydroxylation is 1. The Hall–Kier alpha value is -2.02. The maximum Gasteiger partial charge on any atom is 0.191 e. The number of hydrogen-bond acceptors (Lipinski definition) is 4. The van der Waals surface area contributed by atoms with Gasteiger partial charge in [0.25, 0.3) is 0 Å². The largest absolute Gasteiger partial charge is 0.357 e. The van der Waals surface area contributed by atoms with Crippen molar-refractivity contribution in [3.8, 4) is 0 Å². The minimum Gasteiger partial charge on any atom is -0.357 e. The molecule has 28 heavy (non-hydrogen) atoms. The van der Waals surface area contributed by atoms with E-state index in [2.05, 4.69) is 83.6 Å². The molecule has 0 bridgehead atoms. The fraction of sp³-hybridized carbons (Fsp3) is 0.571. The molecule has 1 atom stereocenters. The van der Waals surface area contributed by atoms with Gasteiger partial charge in [-0.15, -0.1) is 10.2 Å². The Morgan fingerprint density at radius 1 is 1.18 bits per heavy atom. The van der Waals surface area contributed by atoms with E-state index >= 15 is 0 Å². The lowest BCUT2D eigenvalue weighted by Crippen LogP contribution is -2.38. The molecule has 1 aromatic heterocycles. The van der Waals surface area contributed by atoms with Gasteiger partial charge in [-0.05, 0) is 38.0 Å². The van der Waals surface area contributed by atoms with Crippen molar-refractivity contribution in [2.45, 2.75) is 58.3 Å². The third-order valence-corrected chi connectivity index (χ3v) is 5.02. The Bertz CT molecular complexity index is 726. The fourth-order valence-corrected chi connectivity index (χ4v) is 3.50. The van der Waals surface area contributed by atoms with Crippen LogP contribution in [0.5, 0.6) is 0 Å². The monoisotopic (exact) mass is 402 g/mol. The van der Waals surface area contributed by atoms with Crippen LogP contribution >= 0.6 is 11.8 Å². The van der Waals surface area contributed by atoms with Gasteiger partial charge in [0, 0.05) is 26.1 Å². The topological polar surface area (TPSA) is 67.1 Å². The van der Waals surface area contributed by atoms with E-state index in [0.717, 1.165) is 49.4 Å². The lowest BCUT2D eigenvalue weighted by molar-refractivity contribution is 0.477. The number of aromatic nitrogens is 3. The van der Waals surface area contributed by atoms with E-state index in [9.17, 15) is 0 Å². The number of hydrogen-bond donors (Lipinski definition) is 2. The van der Waals surface area contributed by atoms with Crippen LogP contribution in [-0.2, 0) is 13.0 Å². The summed E-state index contributed by atoms with van der Waals surface area (Å²) in [6.45, 7) is 11.2. The molecule has 2 rings (SSSR count). The molecule has 2 N–H and O–H groups in total. The zero-order chi connectivity index (χ0) is 20.4. The second-order valence-electron chi connectivity index (χ2n) is 7.25. The van der Waals surface area contributed by atoms with E-state index in [1.807, 2.05) is 6.07 Å². The second kappa shape index (κ2) is 11.7. The summed E-state index contributed by atoms with van der Waals surface area (Å²) in [7, 11) is 0. The molecule has 0 aliphatic carbocycles. The van der Waals surface area contributed by atoms with Crippen molar-refractivity contribution >= 4 is 17.7 Å². The average Bonchev–Trinajstić information content (AvgIpc) is 3.06. The maximum absolute atomic E-state index is 4.74. The highest BCUT2D eigenvalue weighted by molar-refractivity contribution is 7.98. The van der Waals surface area contributed by atoms with Crippen molar-refractivity contribution in [2.75, 3.05) is 19.3 Å². The lowest BCUT2D eigenvalue weighted by atomic mass is 10.1. The van der Waals surface area contributed by atoms with E-state index in [-0.39, 0.29) is 6.04 Å². The zero-order valence-electron chi connectivity index (χ0n) is 17.8. The Kier molecular flexibility index (Phi) is 9.34. The van der Waals surface area contributed by atoms with Crippen LogP contribution < -0.4 is 10.6 Å². The first-order chi connectivity index (χ1) is 13.5. The van der Waals surface area contributed by atoms with Crippen molar-refractivity contribution < 1.29 is 0 Å². The third kappa shape index (κ3) is 6.86. The zero-order valence-corrected chi connectivity index (χ0v) is 18.6. The van der Waals surface area contributed by atoms with Crippen LogP contribution in [-0.4, -0.2) is 40.1 Å². The summed E-state index contributed by atoms with van der Waals surface area (Å²) >= 11 is 1.66. The number of aliphatic imine (C=N–C) groups is 1. The second-order valence-corrected chi connectivity index (χ2v) is 8.02. The van der Waals surface area contributed by atoms with Crippen molar-refractivity contribution in [1.29, 1.82) is 0 Å². The van der Waals surface area contributed by atoms with Gasteiger partial charge in [0.1, 0.15) is 5.82 Å². The van der Waals surface area contributed by atoms with Gasteiger partial charge < -0.3 is 15.2 Å². The fourth-order valence-electron chi connectivity index (χ4n) is 2.98. The maximum atomic E-state index is 4.74. The molecule has 7 heteroatoms. The molecular weight excluding hydrogens is 368 g/mol. The Morgan fingerprint density at radius 2 is 1.93 bits per heavy atom. The van der Waals surface area contributed by atoms with Crippen LogP contribution in [0.25, 0.3) is 0 Å². The first-order valence-corrected chi connectivity index (χ1v) is 11.3. The van der Waals surface area contributed by atoms with Gasteiger partial charge >= 0.3 is 0 Å². The minimum atomic E-state index is 0.206. The third-order valence-electron chi connectivity index (χ3n) is 4.35. The van der Waals surface area contributed by atoms with Gasteiger partial charge in [-0.3, -0.25) is 4.99 Å². The average molecular weight is 403 g/mol. The summed E-state index contributed by atoms with van der Waals surface area (Å²) < 4.78 is 2.25. The van der Waals surface area contributed by atoms with Gasteiger partial charge in [0.2, 0.25) is 0 Å². The smallest absolute Gasteiger partial charge is 0.191 e. The SMILES string of the molecule is CCNC(=NCCCc1nnc(SC)n1CC(C)C)NC(C)c1ccccc1. The predicted octanol–water partition coefficient (Wildman–Crippen LogP) is 3.90. The molecule has 1 heterocycles. The van der Waals surface area contributed by atoms with Crippen molar-refractivity contribution in [2.24, 2.45) is 10.9 Å². The number of rotatable bonds is 10. The molecule has 1 aromatic carbocycles. The summed E-state index contributed by atoms with van der Waals surface area (Å²) in [5.74, 6) is 2.49. The van der Waals surface area contributed by atoms with Crippen LogP contribution in [0.2, 0.25) is 0 Å². The minimum absolute atomic E-state index is 0.206. The molecule has 2 aromatic rings. The van der Waals surface area contributed by atoms with Gasteiger partial charge in [0.15, 0.2) is 11.1 Å². The van der Waals surface area contributed by atoms with E-state index in [0.29, 0.717) is 5.92 Å². The molecule has 0 aliphatic rings. The summed E-state index contributed by atoms with van der Waals surface area (Å²) in [4.78, 5) is 4.74. The summed E-state index contributed by atoms with van der Waals surface area (Å²) in [5.41, 5.74) is 1.25. The molecule has 0 amide bonds. The first kappa shape index (κ1) is 22.3. The number of nitrogens with zero attached hydrogens (tertiary/aromatic N) is 4. The van der Waals surface area contributed by atoms with Gasteiger partial charge in [-0.25, -0.2) is 0 Å². The van der Waals surface area contributed by atoms with Gasteiger partial charge in [0.05, 0.1) is 6.04 Å². The molecule has 0 saturated heterocycles. The molecular formula is C21H34N6S. The van der Waals surface area contributed by atoms with Crippen LogP contribution in [0.4, 0.5) is 0 Å². The highest BCUT2D eigenvalue weighted by Crippen LogP contribution is 2.17. The van der Waals surface area contributed by atoms with Crippen LogP contribution in [0, 0.1) is 5.92 Å². The van der Waals surface area contributed by atoms with Gasteiger partial charge in [-0.1, -0.05) is 55.9 Å². The van der Waals surface area contributed by atoms with Crippen LogP contribution in [0.3, 0.4) is 0 Å². The van der Waals surface area contributed by atoms with E-state index in [1.54, 1.807) is 11.8 Å². The lowest BCUT2D eigenvalue weighted by Gasteiger charge is -2.18.